The molecule has 0 aliphatic heterocycles. The van der Waals surface area contributed by atoms with E-state index in [-0.39, 0.29) is 0 Å². The molecule has 0 atom stereocenters. The summed E-state index contributed by atoms with van der Waals surface area (Å²) in [7, 11) is 0. The molecule has 66 valence electrons. The first-order chi connectivity index (χ1) is 6.34. The van der Waals surface area contributed by atoms with Gasteiger partial charge in [0.1, 0.15) is 0 Å². The van der Waals surface area contributed by atoms with Crippen LogP contribution < -0.4 is 0 Å². The predicted molar refractivity (Wildman–Crippen MR) is 59.1 cm³/mol. The van der Waals surface area contributed by atoms with E-state index in [9.17, 15) is 0 Å². The minimum Gasteiger partial charge on any atom is -0.248 e. The highest BCUT2D eigenvalue weighted by Crippen LogP contribution is 2.21. The summed E-state index contributed by atoms with van der Waals surface area (Å²) in [6.45, 7) is 0. The Labute approximate surface area is 89.6 Å². The Morgan fingerprint density at radius 1 is 1.23 bits per heavy atom. The minimum absolute atomic E-state index is 0.928. The van der Waals surface area contributed by atoms with Gasteiger partial charge in [0, 0.05) is 6.42 Å². The zero-order chi connectivity index (χ0) is 9.10. The lowest BCUT2D eigenvalue weighted by Gasteiger charge is -1.95. The molecule has 0 radical (unpaired) electrons. The topological polar surface area (TPSA) is 12.9 Å². The van der Waals surface area contributed by atoms with Gasteiger partial charge in [-0.25, -0.2) is 4.98 Å². The Bertz CT molecular complexity index is 383. The smallest absolute Gasteiger partial charge is 0.0980 e. The Balaban J connectivity index is 2.15. The normalized spacial score (nSPS) is 10.2. The van der Waals surface area contributed by atoms with E-state index >= 15 is 0 Å². The Morgan fingerprint density at radius 2 is 2.00 bits per heavy atom. The summed E-state index contributed by atoms with van der Waals surface area (Å²) in [4.78, 5) is 4.28. The van der Waals surface area contributed by atoms with Crippen molar-refractivity contribution in [1.29, 1.82) is 0 Å². The van der Waals surface area contributed by atoms with E-state index in [1.54, 1.807) is 11.3 Å². The lowest BCUT2D eigenvalue weighted by atomic mass is 10.2. The van der Waals surface area contributed by atoms with Crippen LogP contribution in [0.15, 0.2) is 40.3 Å². The summed E-state index contributed by atoms with van der Waals surface area (Å²) in [6.07, 6.45) is 2.78. The third kappa shape index (κ3) is 2.39. The minimum atomic E-state index is 0.928. The standard InChI is InChI=1S/C10H8BrNS/c11-9-7-12-10(13-9)6-8-4-2-1-3-5-8/h1-5,7H,6H2. The highest BCUT2D eigenvalue weighted by atomic mass is 79.9. The molecule has 0 spiro atoms. The van der Waals surface area contributed by atoms with E-state index in [1.165, 1.54) is 5.56 Å². The van der Waals surface area contributed by atoms with Crippen LogP contribution in [0.4, 0.5) is 0 Å². The molecule has 0 aliphatic carbocycles. The fourth-order valence-corrected chi connectivity index (χ4v) is 2.48. The van der Waals surface area contributed by atoms with Crippen LogP contribution in [0.5, 0.6) is 0 Å². The van der Waals surface area contributed by atoms with Gasteiger partial charge in [0.25, 0.3) is 0 Å². The van der Waals surface area contributed by atoms with Crippen LogP contribution in [0.3, 0.4) is 0 Å². The van der Waals surface area contributed by atoms with Gasteiger partial charge in [-0.15, -0.1) is 11.3 Å². The maximum atomic E-state index is 4.28. The average molecular weight is 254 g/mol. The molecule has 0 saturated heterocycles. The van der Waals surface area contributed by atoms with Crippen molar-refractivity contribution in [3.05, 3.63) is 50.9 Å². The maximum absolute atomic E-state index is 4.28. The van der Waals surface area contributed by atoms with Gasteiger partial charge in [0.2, 0.25) is 0 Å². The molecule has 0 N–H and O–H groups in total. The lowest BCUT2D eigenvalue weighted by molar-refractivity contribution is 1.14. The molecule has 13 heavy (non-hydrogen) atoms. The molecule has 3 heteroatoms. The third-order valence-corrected chi connectivity index (χ3v) is 3.20. The molecule has 1 heterocycles. The molecule has 0 unspecified atom stereocenters. The first-order valence-corrected chi connectivity index (χ1v) is 5.59. The first-order valence-electron chi connectivity index (χ1n) is 3.99. The quantitative estimate of drug-likeness (QED) is 0.799. The second kappa shape index (κ2) is 4.03. The van der Waals surface area contributed by atoms with Crippen molar-refractivity contribution in [2.24, 2.45) is 0 Å². The van der Waals surface area contributed by atoms with Crippen LogP contribution in [-0.2, 0) is 6.42 Å². The van der Waals surface area contributed by atoms with E-state index in [1.807, 2.05) is 12.3 Å². The van der Waals surface area contributed by atoms with Crippen LogP contribution >= 0.6 is 27.3 Å². The molecule has 2 aromatic rings. The summed E-state index contributed by atoms with van der Waals surface area (Å²) in [5, 5.41) is 1.15. The van der Waals surface area contributed by atoms with E-state index in [0.717, 1.165) is 15.2 Å². The number of nitrogens with zero attached hydrogens (tertiary/aromatic N) is 1. The molecular formula is C10H8BrNS. The van der Waals surface area contributed by atoms with Gasteiger partial charge in [-0.05, 0) is 21.5 Å². The number of thiazole rings is 1. The zero-order valence-electron chi connectivity index (χ0n) is 6.90. The summed E-state index contributed by atoms with van der Waals surface area (Å²) in [5.41, 5.74) is 1.31. The fourth-order valence-electron chi connectivity index (χ4n) is 1.14. The molecule has 0 amide bonds. The molecule has 0 saturated carbocycles. The highest BCUT2D eigenvalue weighted by molar-refractivity contribution is 9.11. The zero-order valence-corrected chi connectivity index (χ0v) is 9.31. The number of hydrogen-bond donors (Lipinski definition) is 0. The molecule has 1 aromatic carbocycles. The van der Waals surface area contributed by atoms with Crippen molar-refractivity contribution in [2.45, 2.75) is 6.42 Å². The van der Waals surface area contributed by atoms with Gasteiger partial charge < -0.3 is 0 Å². The molecular weight excluding hydrogens is 246 g/mol. The number of rotatable bonds is 2. The molecule has 0 fully saturated rings. The van der Waals surface area contributed by atoms with Gasteiger partial charge in [-0.2, -0.15) is 0 Å². The van der Waals surface area contributed by atoms with Gasteiger partial charge in [-0.3, -0.25) is 0 Å². The summed E-state index contributed by atoms with van der Waals surface area (Å²) in [5.74, 6) is 0. The monoisotopic (exact) mass is 253 g/mol. The van der Waals surface area contributed by atoms with Crippen molar-refractivity contribution in [3.63, 3.8) is 0 Å². The maximum Gasteiger partial charge on any atom is 0.0980 e. The molecule has 2 rings (SSSR count). The number of aromatic nitrogens is 1. The summed E-state index contributed by atoms with van der Waals surface area (Å²) in [6, 6.07) is 10.4. The van der Waals surface area contributed by atoms with E-state index in [2.05, 4.69) is 45.2 Å². The van der Waals surface area contributed by atoms with Gasteiger partial charge in [0.15, 0.2) is 0 Å². The van der Waals surface area contributed by atoms with E-state index < -0.39 is 0 Å². The number of hydrogen-bond acceptors (Lipinski definition) is 2. The molecule has 0 aliphatic rings. The fraction of sp³-hybridized carbons (Fsp3) is 0.100. The van der Waals surface area contributed by atoms with Crippen molar-refractivity contribution >= 4 is 27.3 Å². The molecule has 1 nitrogen and oxygen atoms in total. The van der Waals surface area contributed by atoms with Crippen LogP contribution in [-0.4, -0.2) is 4.98 Å². The summed E-state index contributed by atoms with van der Waals surface area (Å²) < 4.78 is 1.10. The van der Waals surface area contributed by atoms with Crippen molar-refractivity contribution in [3.8, 4) is 0 Å². The number of halogens is 1. The Hall–Kier alpha value is -0.670. The van der Waals surface area contributed by atoms with Gasteiger partial charge >= 0.3 is 0 Å². The van der Waals surface area contributed by atoms with Crippen LogP contribution in [0, 0.1) is 0 Å². The molecule has 1 aromatic heterocycles. The van der Waals surface area contributed by atoms with Crippen LogP contribution in [0.1, 0.15) is 10.6 Å². The van der Waals surface area contributed by atoms with E-state index in [4.69, 9.17) is 0 Å². The third-order valence-electron chi connectivity index (χ3n) is 1.72. The SMILES string of the molecule is Brc1cnc(Cc2ccccc2)s1. The molecule has 0 bridgehead atoms. The van der Waals surface area contributed by atoms with Crippen LogP contribution in [0.2, 0.25) is 0 Å². The van der Waals surface area contributed by atoms with Crippen molar-refractivity contribution in [1.82, 2.24) is 4.98 Å². The van der Waals surface area contributed by atoms with Gasteiger partial charge in [0.05, 0.1) is 15.0 Å². The summed E-state index contributed by atoms with van der Waals surface area (Å²) >= 11 is 5.09. The van der Waals surface area contributed by atoms with Crippen molar-refractivity contribution in [2.75, 3.05) is 0 Å². The van der Waals surface area contributed by atoms with Crippen LogP contribution in [0.25, 0.3) is 0 Å². The van der Waals surface area contributed by atoms with Crippen molar-refractivity contribution < 1.29 is 0 Å². The number of benzene rings is 1. The largest absolute Gasteiger partial charge is 0.248 e. The van der Waals surface area contributed by atoms with E-state index in [0.29, 0.717) is 0 Å². The van der Waals surface area contributed by atoms with Gasteiger partial charge in [-0.1, -0.05) is 30.3 Å². The second-order valence-electron chi connectivity index (χ2n) is 2.72. The predicted octanol–water partition coefficient (Wildman–Crippen LogP) is 3.50. The highest BCUT2D eigenvalue weighted by Gasteiger charge is 1.99. The second-order valence-corrected chi connectivity index (χ2v) is 5.21. The first kappa shape index (κ1) is 8.91. The Morgan fingerprint density at radius 3 is 2.62 bits per heavy atom. The average Bonchev–Trinajstić information content (AvgIpc) is 2.53. The Kier molecular flexibility index (Phi) is 2.76. The lowest BCUT2D eigenvalue weighted by Crippen LogP contribution is -1.84.